The Labute approximate surface area is 111 Å². The van der Waals surface area contributed by atoms with Gasteiger partial charge >= 0.3 is 0 Å². The fraction of sp³-hybridized carbons (Fsp3) is 0.625. The first-order valence-electron chi connectivity index (χ1n) is 7.01. The number of nitrogens with one attached hydrogen (secondary N) is 1. The van der Waals surface area contributed by atoms with Crippen molar-refractivity contribution in [2.45, 2.75) is 44.4 Å². The number of aryl methyl sites for hydroxylation is 1. The standard InChI is InChI=1S/C16H25NO/c1-13-7-8-14(11-15(13)18-3)16(12-17-2)9-5-4-6-10-16/h7-8,11,17H,4-6,9-10,12H2,1-3H3. The number of hydrogen-bond acceptors (Lipinski definition) is 2. The fourth-order valence-electron chi connectivity index (χ4n) is 3.28. The van der Waals surface area contributed by atoms with E-state index in [9.17, 15) is 0 Å². The van der Waals surface area contributed by atoms with Crippen LogP contribution in [0.1, 0.15) is 43.2 Å². The van der Waals surface area contributed by atoms with Crippen molar-refractivity contribution in [2.24, 2.45) is 0 Å². The van der Waals surface area contributed by atoms with Gasteiger partial charge in [0.2, 0.25) is 0 Å². The van der Waals surface area contributed by atoms with Crippen molar-refractivity contribution in [1.29, 1.82) is 0 Å². The molecule has 100 valence electrons. The van der Waals surface area contributed by atoms with Crippen LogP contribution in [0, 0.1) is 6.92 Å². The number of methoxy groups -OCH3 is 1. The van der Waals surface area contributed by atoms with E-state index in [1.54, 1.807) is 7.11 Å². The molecule has 0 heterocycles. The fourth-order valence-corrected chi connectivity index (χ4v) is 3.28. The zero-order chi connectivity index (χ0) is 13.0. The molecule has 0 radical (unpaired) electrons. The van der Waals surface area contributed by atoms with Crippen molar-refractivity contribution in [1.82, 2.24) is 5.32 Å². The molecule has 2 heteroatoms. The van der Waals surface area contributed by atoms with E-state index in [0.717, 1.165) is 12.3 Å². The average Bonchev–Trinajstić information content (AvgIpc) is 2.40. The van der Waals surface area contributed by atoms with Crippen LogP contribution in [0.3, 0.4) is 0 Å². The third kappa shape index (κ3) is 2.54. The Kier molecular flexibility index (Phi) is 4.28. The van der Waals surface area contributed by atoms with Crippen LogP contribution in [0.5, 0.6) is 5.75 Å². The highest BCUT2D eigenvalue weighted by Gasteiger charge is 2.33. The van der Waals surface area contributed by atoms with Crippen molar-refractivity contribution in [2.75, 3.05) is 20.7 Å². The van der Waals surface area contributed by atoms with Gasteiger partial charge in [-0.1, -0.05) is 31.4 Å². The molecule has 0 aliphatic heterocycles. The first kappa shape index (κ1) is 13.4. The second kappa shape index (κ2) is 5.75. The van der Waals surface area contributed by atoms with Crippen molar-refractivity contribution < 1.29 is 4.74 Å². The summed E-state index contributed by atoms with van der Waals surface area (Å²) in [5, 5.41) is 3.39. The molecule has 1 N–H and O–H groups in total. The van der Waals surface area contributed by atoms with Crippen LogP contribution >= 0.6 is 0 Å². The molecule has 0 saturated heterocycles. The highest BCUT2D eigenvalue weighted by molar-refractivity contribution is 5.40. The van der Waals surface area contributed by atoms with Crippen molar-refractivity contribution in [3.8, 4) is 5.75 Å². The maximum absolute atomic E-state index is 5.48. The van der Waals surface area contributed by atoms with Crippen LogP contribution < -0.4 is 10.1 Å². The van der Waals surface area contributed by atoms with E-state index in [1.165, 1.54) is 43.2 Å². The summed E-state index contributed by atoms with van der Waals surface area (Å²) in [5.41, 5.74) is 2.98. The molecule has 2 rings (SSSR count). The van der Waals surface area contributed by atoms with Gasteiger partial charge in [0, 0.05) is 12.0 Å². The van der Waals surface area contributed by atoms with E-state index in [1.807, 2.05) is 0 Å². The topological polar surface area (TPSA) is 21.3 Å². The second-order valence-corrected chi connectivity index (χ2v) is 5.56. The lowest BCUT2D eigenvalue weighted by Gasteiger charge is -2.38. The molecule has 0 unspecified atom stereocenters. The third-order valence-corrected chi connectivity index (χ3v) is 4.35. The number of benzene rings is 1. The van der Waals surface area contributed by atoms with E-state index in [-0.39, 0.29) is 0 Å². The van der Waals surface area contributed by atoms with Gasteiger partial charge in [0.05, 0.1) is 7.11 Å². The van der Waals surface area contributed by atoms with Crippen molar-refractivity contribution in [3.63, 3.8) is 0 Å². The van der Waals surface area contributed by atoms with E-state index >= 15 is 0 Å². The molecule has 1 aromatic rings. The summed E-state index contributed by atoms with van der Waals surface area (Å²) in [4.78, 5) is 0. The van der Waals surface area contributed by atoms with Gasteiger partial charge < -0.3 is 10.1 Å². The summed E-state index contributed by atoms with van der Waals surface area (Å²) in [6.45, 7) is 3.17. The molecule has 1 aromatic carbocycles. The van der Waals surface area contributed by atoms with Crippen LogP contribution in [0.15, 0.2) is 18.2 Å². The van der Waals surface area contributed by atoms with Gasteiger partial charge in [0.15, 0.2) is 0 Å². The van der Waals surface area contributed by atoms with Gasteiger partial charge in [-0.25, -0.2) is 0 Å². The minimum absolute atomic E-state index is 0.313. The molecule has 18 heavy (non-hydrogen) atoms. The average molecular weight is 247 g/mol. The quantitative estimate of drug-likeness (QED) is 0.880. The minimum Gasteiger partial charge on any atom is -0.496 e. The molecule has 0 atom stereocenters. The second-order valence-electron chi connectivity index (χ2n) is 5.56. The van der Waals surface area contributed by atoms with Crippen LogP contribution in [-0.2, 0) is 5.41 Å². The van der Waals surface area contributed by atoms with Crippen LogP contribution in [-0.4, -0.2) is 20.7 Å². The van der Waals surface area contributed by atoms with E-state index in [4.69, 9.17) is 4.74 Å². The first-order chi connectivity index (χ1) is 8.72. The molecule has 0 amide bonds. The lowest BCUT2D eigenvalue weighted by Crippen LogP contribution is -2.38. The SMILES string of the molecule is CNCC1(c2ccc(C)c(OC)c2)CCCCC1. The summed E-state index contributed by atoms with van der Waals surface area (Å²) in [6, 6.07) is 6.73. The van der Waals surface area contributed by atoms with Gasteiger partial charge in [0.25, 0.3) is 0 Å². The molecule has 1 aliphatic carbocycles. The van der Waals surface area contributed by atoms with Gasteiger partial charge in [0.1, 0.15) is 5.75 Å². The van der Waals surface area contributed by atoms with Crippen LogP contribution in [0.25, 0.3) is 0 Å². The summed E-state index contributed by atoms with van der Waals surface area (Å²) in [7, 11) is 3.82. The Balaban J connectivity index is 2.35. The molecule has 1 aliphatic rings. The Morgan fingerprint density at radius 1 is 1.22 bits per heavy atom. The maximum atomic E-state index is 5.48. The van der Waals surface area contributed by atoms with Crippen molar-refractivity contribution >= 4 is 0 Å². The molecule has 2 nitrogen and oxygen atoms in total. The molecular weight excluding hydrogens is 222 g/mol. The number of likely N-dealkylation sites (N-methyl/N-ethyl adjacent to an activating group) is 1. The normalized spacial score (nSPS) is 18.6. The molecular formula is C16H25NO. The van der Waals surface area contributed by atoms with E-state index < -0.39 is 0 Å². The molecule has 0 spiro atoms. The predicted molar refractivity (Wildman–Crippen MR) is 76.4 cm³/mol. The molecule has 0 bridgehead atoms. The summed E-state index contributed by atoms with van der Waals surface area (Å²) in [6.07, 6.45) is 6.66. The van der Waals surface area contributed by atoms with Gasteiger partial charge in [-0.3, -0.25) is 0 Å². The zero-order valence-electron chi connectivity index (χ0n) is 11.9. The minimum atomic E-state index is 0.313. The molecule has 1 fully saturated rings. The molecule has 0 aromatic heterocycles. The number of hydrogen-bond donors (Lipinski definition) is 1. The highest BCUT2D eigenvalue weighted by Crippen LogP contribution is 2.40. The molecule has 1 saturated carbocycles. The predicted octanol–water partition coefficient (Wildman–Crippen LogP) is 3.42. The van der Waals surface area contributed by atoms with E-state index in [0.29, 0.717) is 5.41 Å². The summed E-state index contributed by atoms with van der Waals surface area (Å²) >= 11 is 0. The number of ether oxygens (including phenoxy) is 1. The Morgan fingerprint density at radius 2 is 1.94 bits per heavy atom. The Hall–Kier alpha value is -1.02. The number of rotatable bonds is 4. The monoisotopic (exact) mass is 247 g/mol. The van der Waals surface area contributed by atoms with Gasteiger partial charge in [-0.2, -0.15) is 0 Å². The lowest BCUT2D eigenvalue weighted by molar-refractivity contribution is 0.285. The van der Waals surface area contributed by atoms with Gasteiger partial charge in [-0.05, 0) is 44.0 Å². The van der Waals surface area contributed by atoms with Gasteiger partial charge in [-0.15, -0.1) is 0 Å². The third-order valence-electron chi connectivity index (χ3n) is 4.35. The van der Waals surface area contributed by atoms with Crippen LogP contribution in [0.4, 0.5) is 0 Å². The lowest BCUT2D eigenvalue weighted by atomic mass is 9.69. The van der Waals surface area contributed by atoms with Crippen LogP contribution in [0.2, 0.25) is 0 Å². The highest BCUT2D eigenvalue weighted by atomic mass is 16.5. The smallest absolute Gasteiger partial charge is 0.122 e. The zero-order valence-corrected chi connectivity index (χ0v) is 11.9. The summed E-state index contributed by atoms with van der Waals surface area (Å²) < 4.78 is 5.48. The van der Waals surface area contributed by atoms with E-state index in [2.05, 4.69) is 37.5 Å². The Bertz CT molecular complexity index is 389. The first-order valence-corrected chi connectivity index (χ1v) is 7.01. The maximum Gasteiger partial charge on any atom is 0.122 e. The largest absolute Gasteiger partial charge is 0.496 e. The van der Waals surface area contributed by atoms with Crippen molar-refractivity contribution in [3.05, 3.63) is 29.3 Å². The Morgan fingerprint density at radius 3 is 2.56 bits per heavy atom. The summed E-state index contributed by atoms with van der Waals surface area (Å²) in [5.74, 6) is 1.02.